The van der Waals surface area contributed by atoms with Crippen LogP contribution >= 0.6 is 0 Å². The lowest BCUT2D eigenvalue weighted by Crippen LogP contribution is -2.31. The van der Waals surface area contributed by atoms with Crippen LogP contribution in [0, 0.1) is 5.82 Å². The minimum absolute atomic E-state index is 0.0842. The van der Waals surface area contributed by atoms with Gasteiger partial charge in [0.2, 0.25) is 0 Å². The molecule has 0 fully saturated rings. The van der Waals surface area contributed by atoms with Gasteiger partial charge in [-0.15, -0.1) is 0 Å². The maximum atomic E-state index is 13.6. The highest BCUT2D eigenvalue weighted by Gasteiger charge is 2.42. The number of ether oxygens (including phenoxy) is 1. The molecular formula is C23H24FN3O3. The van der Waals surface area contributed by atoms with Crippen LogP contribution in [0.4, 0.5) is 4.39 Å². The van der Waals surface area contributed by atoms with E-state index in [2.05, 4.69) is 10.2 Å². The SMILES string of the molecule is CC(C)OCCCN1C(=O)c2[nH]nc(-c3ccccc3O)c2[C@@H]1c1ccc(F)cc1. The van der Waals surface area contributed by atoms with E-state index in [1.165, 1.54) is 12.1 Å². The second-order valence-electron chi connectivity index (χ2n) is 7.60. The second kappa shape index (κ2) is 8.28. The summed E-state index contributed by atoms with van der Waals surface area (Å²) in [6.45, 7) is 4.96. The Kier molecular flexibility index (Phi) is 5.55. The van der Waals surface area contributed by atoms with Gasteiger partial charge in [-0.05, 0) is 50.1 Å². The molecule has 6 nitrogen and oxygen atoms in total. The average Bonchev–Trinajstić information content (AvgIpc) is 3.26. The molecule has 30 heavy (non-hydrogen) atoms. The maximum absolute atomic E-state index is 13.6. The number of nitrogens with zero attached hydrogens (tertiary/aromatic N) is 2. The van der Waals surface area contributed by atoms with Crippen molar-refractivity contribution in [2.75, 3.05) is 13.2 Å². The zero-order chi connectivity index (χ0) is 21.3. The summed E-state index contributed by atoms with van der Waals surface area (Å²) in [6.07, 6.45) is 0.794. The third kappa shape index (κ3) is 3.68. The van der Waals surface area contributed by atoms with Gasteiger partial charge in [-0.3, -0.25) is 9.89 Å². The fourth-order valence-corrected chi connectivity index (χ4v) is 3.85. The van der Waals surface area contributed by atoms with Crippen LogP contribution in [-0.4, -0.2) is 45.4 Å². The Morgan fingerprint density at radius 3 is 2.63 bits per heavy atom. The van der Waals surface area contributed by atoms with Crippen molar-refractivity contribution in [2.45, 2.75) is 32.4 Å². The fourth-order valence-electron chi connectivity index (χ4n) is 3.85. The number of benzene rings is 2. The summed E-state index contributed by atoms with van der Waals surface area (Å²) in [5.41, 5.74) is 2.93. The van der Waals surface area contributed by atoms with Gasteiger partial charge in [0.05, 0.1) is 12.1 Å². The Morgan fingerprint density at radius 1 is 1.20 bits per heavy atom. The van der Waals surface area contributed by atoms with Gasteiger partial charge in [-0.1, -0.05) is 24.3 Å². The third-order valence-corrected chi connectivity index (χ3v) is 5.20. The molecule has 3 aromatic rings. The molecule has 0 unspecified atom stereocenters. The number of hydrogen-bond acceptors (Lipinski definition) is 4. The van der Waals surface area contributed by atoms with Gasteiger partial charge >= 0.3 is 0 Å². The fraction of sp³-hybridized carbons (Fsp3) is 0.304. The number of aromatic hydroxyl groups is 1. The van der Waals surface area contributed by atoms with Crippen LogP contribution in [0.3, 0.4) is 0 Å². The van der Waals surface area contributed by atoms with E-state index in [0.29, 0.717) is 42.1 Å². The van der Waals surface area contributed by atoms with E-state index in [4.69, 9.17) is 4.74 Å². The van der Waals surface area contributed by atoms with E-state index in [-0.39, 0.29) is 23.6 Å². The summed E-state index contributed by atoms with van der Waals surface area (Å²) in [4.78, 5) is 14.9. The molecule has 1 amide bonds. The number of carbonyl (C=O) groups excluding carboxylic acids is 1. The number of para-hydroxylation sites is 1. The topological polar surface area (TPSA) is 78.5 Å². The molecule has 0 spiro atoms. The second-order valence-corrected chi connectivity index (χ2v) is 7.60. The minimum atomic E-state index is -0.430. The highest BCUT2D eigenvalue weighted by Crippen LogP contribution is 2.44. The predicted molar refractivity (Wildman–Crippen MR) is 111 cm³/mol. The molecule has 2 aromatic carbocycles. The highest BCUT2D eigenvalue weighted by atomic mass is 19.1. The molecule has 0 saturated carbocycles. The Hall–Kier alpha value is -3.19. The molecule has 0 saturated heterocycles. The lowest BCUT2D eigenvalue weighted by Gasteiger charge is -2.26. The predicted octanol–water partition coefficient (Wildman–Crippen LogP) is 4.28. The number of aromatic nitrogens is 2. The van der Waals surface area contributed by atoms with Crippen molar-refractivity contribution in [3.05, 3.63) is 71.2 Å². The number of halogens is 1. The van der Waals surface area contributed by atoms with Gasteiger partial charge in [0.1, 0.15) is 23.0 Å². The molecular weight excluding hydrogens is 385 g/mol. The number of aromatic amines is 1. The Labute approximate surface area is 174 Å². The lowest BCUT2D eigenvalue weighted by atomic mass is 9.95. The van der Waals surface area contributed by atoms with Crippen molar-refractivity contribution in [1.29, 1.82) is 0 Å². The van der Waals surface area contributed by atoms with Crippen LogP contribution in [0.5, 0.6) is 5.75 Å². The summed E-state index contributed by atoms with van der Waals surface area (Å²) in [5, 5.41) is 17.5. The van der Waals surface area contributed by atoms with Gasteiger partial charge in [0.25, 0.3) is 5.91 Å². The zero-order valence-corrected chi connectivity index (χ0v) is 16.9. The molecule has 2 heterocycles. The van der Waals surface area contributed by atoms with E-state index in [9.17, 15) is 14.3 Å². The van der Waals surface area contributed by atoms with Gasteiger partial charge < -0.3 is 14.7 Å². The van der Waals surface area contributed by atoms with E-state index >= 15 is 0 Å². The van der Waals surface area contributed by atoms with Crippen molar-refractivity contribution in [1.82, 2.24) is 15.1 Å². The first kappa shape index (κ1) is 20.1. The van der Waals surface area contributed by atoms with E-state index < -0.39 is 6.04 Å². The van der Waals surface area contributed by atoms with Crippen molar-refractivity contribution in [2.24, 2.45) is 0 Å². The Balaban J connectivity index is 1.74. The molecule has 7 heteroatoms. The standard InChI is InChI=1S/C23H24FN3O3/c1-14(2)30-13-5-12-27-22(15-8-10-16(24)11-9-15)19-20(25-26-21(19)23(27)29)17-6-3-4-7-18(17)28/h3-4,6-11,14,22,28H,5,12-13H2,1-2H3,(H,25,26)/t22-/m0/s1. The van der Waals surface area contributed by atoms with Crippen molar-refractivity contribution >= 4 is 5.91 Å². The molecule has 0 radical (unpaired) electrons. The first-order valence-electron chi connectivity index (χ1n) is 10.0. The number of phenolic OH excluding ortho intramolecular Hbond substituents is 1. The Bertz CT molecular complexity index is 1050. The largest absolute Gasteiger partial charge is 0.507 e. The quantitative estimate of drug-likeness (QED) is 0.571. The molecule has 1 aromatic heterocycles. The number of carbonyl (C=O) groups is 1. The van der Waals surface area contributed by atoms with Gasteiger partial charge in [0.15, 0.2) is 0 Å². The molecule has 2 N–H and O–H groups in total. The molecule has 1 aliphatic rings. The average molecular weight is 409 g/mol. The van der Waals surface area contributed by atoms with Crippen LogP contribution in [0.15, 0.2) is 48.5 Å². The zero-order valence-electron chi connectivity index (χ0n) is 16.9. The van der Waals surface area contributed by atoms with Gasteiger partial charge in [-0.25, -0.2) is 4.39 Å². The van der Waals surface area contributed by atoms with Gasteiger partial charge in [-0.2, -0.15) is 5.10 Å². The van der Waals surface area contributed by atoms with E-state index in [1.807, 2.05) is 13.8 Å². The molecule has 1 aliphatic heterocycles. The van der Waals surface area contributed by atoms with Crippen LogP contribution in [-0.2, 0) is 4.74 Å². The first-order valence-corrected chi connectivity index (χ1v) is 10.0. The first-order chi connectivity index (χ1) is 14.5. The summed E-state index contributed by atoms with van der Waals surface area (Å²) >= 11 is 0. The molecule has 156 valence electrons. The maximum Gasteiger partial charge on any atom is 0.273 e. The molecule has 1 atom stereocenters. The monoisotopic (exact) mass is 409 g/mol. The Morgan fingerprint density at radius 2 is 1.93 bits per heavy atom. The summed E-state index contributed by atoms with van der Waals surface area (Å²) in [6, 6.07) is 12.6. The van der Waals surface area contributed by atoms with Gasteiger partial charge in [0, 0.05) is 24.3 Å². The van der Waals surface area contributed by atoms with Crippen LogP contribution in [0.2, 0.25) is 0 Å². The molecule has 4 rings (SSSR count). The number of nitrogens with one attached hydrogen (secondary N) is 1. The van der Waals surface area contributed by atoms with Crippen LogP contribution in [0.1, 0.15) is 47.9 Å². The highest BCUT2D eigenvalue weighted by molar-refractivity contribution is 6.00. The van der Waals surface area contributed by atoms with Crippen molar-refractivity contribution in [3.63, 3.8) is 0 Å². The molecule has 0 bridgehead atoms. The van der Waals surface area contributed by atoms with Crippen molar-refractivity contribution in [3.8, 4) is 17.0 Å². The summed E-state index contributed by atoms with van der Waals surface area (Å²) in [5.74, 6) is -0.424. The summed E-state index contributed by atoms with van der Waals surface area (Å²) in [7, 11) is 0. The lowest BCUT2D eigenvalue weighted by molar-refractivity contribution is 0.0601. The molecule has 0 aliphatic carbocycles. The minimum Gasteiger partial charge on any atom is -0.507 e. The number of H-pyrrole nitrogens is 1. The van der Waals surface area contributed by atoms with Crippen LogP contribution in [0.25, 0.3) is 11.3 Å². The van der Waals surface area contributed by atoms with E-state index in [0.717, 1.165) is 5.56 Å². The smallest absolute Gasteiger partial charge is 0.273 e. The number of amides is 1. The van der Waals surface area contributed by atoms with Crippen LogP contribution < -0.4 is 0 Å². The number of phenols is 1. The normalized spacial score (nSPS) is 15.8. The van der Waals surface area contributed by atoms with Crippen molar-refractivity contribution < 1.29 is 19.0 Å². The number of rotatable bonds is 7. The summed E-state index contributed by atoms with van der Waals surface area (Å²) < 4.78 is 19.2. The third-order valence-electron chi connectivity index (χ3n) is 5.20. The number of hydrogen-bond donors (Lipinski definition) is 2. The van der Waals surface area contributed by atoms with E-state index in [1.54, 1.807) is 41.3 Å². The number of fused-ring (bicyclic) bond motifs is 1.